The predicted octanol–water partition coefficient (Wildman–Crippen LogP) is 1.26. The van der Waals surface area contributed by atoms with E-state index in [2.05, 4.69) is 20.7 Å². The van der Waals surface area contributed by atoms with Crippen LogP contribution in [-0.2, 0) is 10.0 Å². The van der Waals surface area contributed by atoms with Crippen molar-refractivity contribution in [3.05, 3.63) is 14.7 Å². The van der Waals surface area contributed by atoms with Crippen molar-refractivity contribution < 1.29 is 23.4 Å². The number of halogens is 1. The highest BCUT2D eigenvalue weighted by Crippen LogP contribution is 2.31. The summed E-state index contributed by atoms with van der Waals surface area (Å²) < 4.78 is 26.5. The minimum Gasteiger partial charge on any atom is -0.477 e. The Hall–Kier alpha value is -0.480. The quantitative estimate of drug-likeness (QED) is 0.710. The fourth-order valence-corrected chi connectivity index (χ4v) is 4.89. The van der Waals surface area contributed by atoms with Gasteiger partial charge in [0.05, 0.1) is 10.4 Å². The van der Waals surface area contributed by atoms with Gasteiger partial charge in [-0.1, -0.05) is 6.92 Å². The molecule has 0 saturated carbocycles. The molecule has 18 heavy (non-hydrogen) atoms. The maximum atomic E-state index is 12.0. The lowest BCUT2D eigenvalue weighted by atomic mass is 10.3. The molecule has 102 valence electrons. The van der Waals surface area contributed by atoms with Crippen molar-refractivity contribution >= 4 is 43.3 Å². The molecule has 0 spiro atoms. The Morgan fingerprint density at radius 3 is 2.61 bits per heavy atom. The number of hydrogen-bond acceptors (Lipinski definition) is 5. The van der Waals surface area contributed by atoms with E-state index < -0.39 is 22.0 Å². The van der Waals surface area contributed by atoms with Crippen LogP contribution in [0, 0.1) is 0 Å². The van der Waals surface area contributed by atoms with Crippen molar-refractivity contribution in [3.63, 3.8) is 0 Å². The number of carbonyl (C=O) groups is 1. The van der Waals surface area contributed by atoms with Gasteiger partial charge in [0.15, 0.2) is 0 Å². The molecule has 3 N–H and O–H groups in total. The smallest absolute Gasteiger partial charge is 0.345 e. The summed E-state index contributed by atoms with van der Waals surface area (Å²) >= 11 is 3.86. The first kappa shape index (κ1) is 15.6. The lowest BCUT2D eigenvalue weighted by Crippen LogP contribution is -2.36. The van der Waals surface area contributed by atoms with Gasteiger partial charge < -0.3 is 10.2 Å². The van der Waals surface area contributed by atoms with Crippen molar-refractivity contribution in [1.29, 1.82) is 0 Å². The predicted molar refractivity (Wildman–Crippen MR) is 70.5 cm³/mol. The van der Waals surface area contributed by atoms with Gasteiger partial charge in [-0.3, -0.25) is 0 Å². The molecule has 1 aromatic heterocycles. The van der Waals surface area contributed by atoms with Crippen LogP contribution in [-0.4, -0.2) is 37.2 Å². The molecular weight excluding hydrogens is 346 g/mol. The van der Waals surface area contributed by atoms with Gasteiger partial charge in [-0.15, -0.1) is 11.3 Å². The SMILES string of the molecule is CC[C@H](CO)NS(=O)(=O)c1cc(C(=O)O)sc1Br. The van der Waals surface area contributed by atoms with Crippen LogP contribution in [0.25, 0.3) is 0 Å². The van der Waals surface area contributed by atoms with Crippen molar-refractivity contribution in [3.8, 4) is 0 Å². The Bertz CT molecular complexity index is 535. The van der Waals surface area contributed by atoms with Crippen molar-refractivity contribution in [2.24, 2.45) is 0 Å². The first-order valence-corrected chi connectivity index (χ1v) is 8.07. The molecule has 0 fully saturated rings. The number of rotatable bonds is 6. The molecule has 1 heterocycles. The molecule has 9 heteroatoms. The minimum absolute atomic E-state index is 0.0701. The molecule has 0 amide bonds. The topological polar surface area (TPSA) is 104 Å². The summed E-state index contributed by atoms with van der Waals surface area (Å²) in [6.07, 6.45) is 0.434. The van der Waals surface area contributed by atoms with Crippen molar-refractivity contribution in [2.45, 2.75) is 24.3 Å². The van der Waals surface area contributed by atoms with E-state index in [1.165, 1.54) is 0 Å². The Labute approximate surface area is 117 Å². The van der Waals surface area contributed by atoms with E-state index in [-0.39, 0.29) is 20.2 Å². The maximum Gasteiger partial charge on any atom is 0.345 e. The third-order valence-electron chi connectivity index (χ3n) is 2.19. The van der Waals surface area contributed by atoms with E-state index in [1.807, 2.05) is 0 Å². The van der Waals surface area contributed by atoms with Crippen LogP contribution < -0.4 is 4.72 Å². The zero-order valence-electron chi connectivity index (χ0n) is 9.38. The lowest BCUT2D eigenvalue weighted by molar-refractivity contribution is 0.0702. The Morgan fingerprint density at radius 1 is 1.61 bits per heavy atom. The zero-order chi connectivity index (χ0) is 13.9. The molecule has 0 unspecified atom stereocenters. The average molecular weight is 358 g/mol. The molecule has 1 rings (SSSR count). The van der Waals surface area contributed by atoms with E-state index in [1.54, 1.807) is 6.92 Å². The molecule has 1 atom stereocenters. The lowest BCUT2D eigenvalue weighted by Gasteiger charge is -2.13. The van der Waals surface area contributed by atoms with Gasteiger partial charge in [0.1, 0.15) is 9.77 Å². The normalized spacial score (nSPS) is 13.5. The minimum atomic E-state index is -3.84. The van der Waals surface area contributed by atoms with Crippen LogP contribution in [0.3, 0.4) is 0 Å². The number of carboxylic acids is 1. The maximum absolute atomic E-state index is 12.0. The van der Waals surface area contributed by atoms with Crippen LogP contribution in [0.15, 0.2) is 14.7 Å². The summed E-state index contributed by atoms with van der Waals surface area (Å²) in [6.45, 7) is 1.41. The summed E-state index contributed by atoms with van der Waals surface area (Å²) in [7, 11) is -3.84. The average Bonchev–Trinajstić information content (AvgIpc) is 2.69. The number of sulfonamides is 1. The molecule has 6 nitrogen and oxygen atoms in total. The summed E-state index contributed by atoms with van der Waals surface area (Å²) in [5.41, 5.74) is 0. The summed E-state index contributed by atoms with van der Waals surface area (Å²) in [5.74, 6) is -1.18. The molecule has 0 aromatic carbocycles. The second-order valence-electron chi connectivity index (χ2n) is 3.46. The monoisotopic (exact) mass is 357 g/mol. The summed E-state index contributed by atoms with van der Waals surface area (Å²) in [5, 5.41) is 17.8. The van der Waals surface area contributed by atoms with E-state index >= 15 is 0 Å². The van der Waals surface area contributed by atoms with Gasteiger partial charge in [-0.25, -0.2) is 17.9 Å². The van der Waals surface area contributed by atoms with E-state index in [9.17, 15) is 13.2 Å². The van der Waals surface area contributed by atoms with Gasteiger partial charge >= 0.3 is 5.97 Å². The summed E-state index contributed by atoms with van der Waals surface area (Å²) in [4.78, 5) is 10.6. The first-order valence-electron chi connectivity index (χ1n) is 4.97. The first-order chi connectivity index (χ1) is 8.31. The Balaban J connectivity index is 3.09. The van der Waals surface area contributed by atoms with Crippen LogP contribution in [0.1, 0.15) is 23.0 Å². The molecule has 0 radical (unpaired) electrons. The number of hydrogen-bond donors (Lipinski definition) is 3. The van der Waals surface area contributed by atoms with E-state index in [0.29, 0.717) is 6.42 Å². The van der Waals surface area contributed by atoms with Gasteiger partial charge in [-0.2, -0.15) is 0 Å². The number of thiophene rings is 1. The van der Waals surface area contributed by atoms with E-state index in [0.717, 1.165) is 17.4 Å². The van der Waals surface area contributed by atoms with Gasteiger partial charge in [-0.05, 0) is 28.4 Å². The second kappa shape index (κ2) is 6.11. The third-order valence-corrected chi connectivity index (χ3v) is 5.95. The van der Waals surface area contributed by atoms with Crippen LogP contribution in [0.2, 0.25) is 0 Å². The fraction of sp³-hybridized carbons (Fsp3) is 0.444. The fourth-order valence-electron chi connectivity index (χ4n) is 1.17. The number of aliphatic hydroxyl groups is 1. The van der Waals surface area contributed by atoms with Gasteiger partial charge in [0.25, 0.3) is 0 Å². The van der Waals surface area contributed by atoms with Gasteiger partial charge in [0, 0.05) is 6.04 Å². The van der Waals surface area contributed by atoms with Crippen molar-refractivity contribution in [2.75, 3.05) is 6.61 Å². The number of carboxylic acid groups (broad SMARTS) is 1. The largest absolute Gasteiger partial charge is 0.477 e. The second-order valence-corrected chi connectivity index (χ2v) is 7.52. The molecule has 0 aliphatic rings. The molecule has 0 aliphatic heterocycles. The van der Waals surface area contributed by atoms with Crippen LogP contribution in [0.4, 0.5) is 0 Å². The molecule has 0 saturated heterocycles. The molecule has 0 bridgehead atoms. The zero-order valence-corrected chi connectivity index (χ0v) is 12.6. The van der Waals surface area contributed by atoms with Crippen LogP contribution >= 0.6 is 27.3 Å². The van der Waals surface area contributed by atoms with Crippen molar-refractivity contribution in [1.82, 2.24) is 4.72 Å². The standard InChI is InChI=1S/C9H12BrNO5S2/c1-2-5(4-12)11-18(15,16)7-3-6(9(13)14)17-8(7)10/h3,5,11-12H,2,4H2,1H3,(H,13,14)/t5-/m1/s1. The number of aromatic carboxylic acids is 1. The molecular formula is C9H12BrNO5S2. The number of nitrogens with one attached hydrogen (secondary N) is 1. The van der Waals surface area contributed by atoms with E-state index in [4.69, 9.17) is 10.2 Å². The Kier molecular flexibility index (Phi) is 5.29. The highest BCUT2D eigenvalue weighted by atomic mass is 79.9. The van der Waals surface area contributed by atoms with Crippen LogP contribution in [0.5, 0.6) is 0 Å². The highest BCUT2D eigenvalue weighted by Gasteiger charge is 2.25. The highest BCUT2D eigenvalue weighted by molar-refractivity contribution is 9.11. The number of aliphatic hydroxyl groups excluding tert-OH is 1. The Morgan fingerprint density at radius 2 is 2.22 bits per heavy atom. The summed E-state index contributed by atoms with van der Waals surface area (Å²) in [6, 6.07) is 0.499. The molecule has 1 aromatic rings. The molecule has 0 aliphatic carbocycles. The third kappa shape index (κ3) is 3.51. The van der Waals surface area contributed by atoms with Gasteiger partial charge in [0.2, 0.25) is 10.0 Å².